The summed E-state index contributed by atoms with van der Waals surface area (Å²) < 4.78 is 52.0. The van der Waals surface area contributed by atoms with Crippen LogP contribution in [-0.4, -0.2) is 133 Å². The SMILES string of the molecule is COC1C(OCC2CC(O)/C=C/C(=O)C(C)CC(C)C(OC3OC(C)CC4(OC(=O)OC4C)C3O)C(C)/C=C/C(=O)OC2C)OC(C)C(O)C1OC. The minimum atomic E-state index is -1.38. The molecule has 0 aromatic rings. The summed E-state index contributed by atoms with van der Waals surface area (Å²) in [6.07, 6.45) is -4.75. The summed E-state index contributed by atoms with van der Waals surface area (Å²) in [6, 6.07) is 0. The van der Waals surface area contributed by atoms with Crippen LogP contribution >= 0.6 is 0 Å². The molecule has 3 fully saturated rings. The van der Waals surface area contributed by atoms with Gasteiger partial charge in [-0.15, -0.1) is 0 Å². The first kappa shape index (κ1) is 42.3. The number of esters is 1. The summed E-state index contributed by atoms with van der Waals surface area (Å²) in [5.74, 6) is -2.58. The molecule has 0 bridgehead atoms. The van der Waals surface area contributed by atoms with E-state index in [9.17, 15) is 29.7 Å². The van der Waals surface area contributed by atoms with Gasteiger partial charge in [-0.25, -0.2) is 9.59 Å². The quantitative estimate of drug-likeness (QED) is 0.322. The maximum absolute atomic E-state index is 13.3. The van der Waals surface area contributed by atoms with Gasteiger partial charge in [-0.1, -0.05) is 32.9 Å². The molecule has 17 atom stereocenters. The molecule has 17 unspecified atom stereocenters. The van der Waals surface area contributed by atoms with Crippen LogP contribution in [0.5, 0.6) is 0 Å². The van der Waals surface area contributed by atoms with E-state index in [1.807, 2.05) is 13.8 Å². The molecule has 0 aromatic heterocycles. The van der Waals surface area contributed by atoms with Gasteiger partial charge in [0.05, 0.1) is 31.0 Å². The fraction of sp³-hybridized carbons (Fsp3) is 0.811. The van der Waals surface area contributed by atoms with Crippen LogP contribution in [0.3, 0.4) is 0 Å². The van der Waals surface area contributed by atoms with Gasteiger partial charge in [-0.2, -0.15) is 0 Å². The van der Waals surface area contributed by atoms with Gasteiger partial charge in [0.25, 0.3) is 0 Å². The van der Waals surface area contributed by atoms with Gasteiger partial charge in [-0.3, -0.25) is 4.79 Å². The van der Waals surface area contributed by atoms with E-state index < -0.39 is 109 Å². The Labute approximate surface area is 305 Å². The molecule has 0 aromatic carbocycles. The predicted molar refractivity (Wildman–Crippen MR) is 183 cm³/mol. The zero-order valence-electron chi connectivity index (χ0n) is 31.6. The van der Waals surface area contributed by atoms with Crippen LogP contribution in [0.1, 0.15) is 67.7 Å². The molecule has 4 aliphatic rings. The number of carbonyl (C=O) groups is 3. The molecule has 3 saturated heterocycles. The lowest BCUT2D eigenvalue weighted by Gasteiger charge is -2.46. The molecule has 52 heavy (non-hydrogen) atoms. The van der Waals surface area contributed by atoms with Crippen LogP contribution in [0.2, 0.25) is 0 Å². The van der Waals surface area contributed by atoms with Gasteiger partial charge in [0, 0.05) is 44.5 Å². The van der Waals surface area contributed by atoms with E-state index >= 15 is 0 Å². The van der Waals surface area contributed by atoms with Gasteiger partial charge >= 0.3 is 12.1 Å². The first-order valence-electron chi connectivity index (χ1n) is 18.2. The van der Waals surface area contributed by atoms with E-state index in [1.54, 1.807) is 40.7 Å². The summed E-state index contributed by atoms with van der Waals surface area (Å²) in [5, 5.41) is 33.0. The molecule has 15 nitrogen and oxygen atoms in total. The number of cyclic esters (lactones) is 2. The van der Waals surface area contributed by atoms with Crippen molar-refractivity contribution in [3.05, 3.63) is 24.3 Å². The Bertz CT molecular complexity index is 1270. The Morgan fingerprint density at radius 3 is 2.13 bits per heavy atom. The van der Waals surface area contributed by atoms with Crippen molar-refractivity contribution in [1.82, 2.24) is 0 Å². The van der Waals surface area contributed by atoms with Crippen molar-refractivity contribution in [3.8, 4) is 0 Å². The van der Waals surface area contributed by atoms with Crippen LogP contribution in [0.4, 0.5) is 4.79 Å². The highest BCUT2D eigenvalue weighted by atomic mass is 16.8. The first-order valence-corrected chi connectivity index (χ1v) is 18.2. The van der Waals surface area contributed by atoms with E-state index in [0.29, 0.717) is 6.42 Å². The van der Waals surface area contributed by atoms with E-state index in [2.05, 4.69) is 0 Å². The van der Waals surface area contributed by atoms with Crippen molar-refractivity contribution >= 4 is 17.9 Å². The number of aliphatic hydroxyl groups excluding tert-OH is 3. The number of ketones is 1. The number of methoxy groups -OCH3 is 2. The number of rotatable bonds is 7. The third-order valence-electron chi connectivity index (χ3n) is 10.9. The Balaban J connectivity index is 1.55. The fourth-order valence-electron chi connectivity index (χ4n) is 7.68. The number of ether oxygens (including phenoxy) is 9. The number of hydrogen-bond donors (Lipinski definition) is 3. The molecule has 4 heterocycles. The molecule has 0 radical (unpaired) electrons. The molecular formula is C37H58O15. The van der Waals surface area contributed by atoms with Crippen molar-refractivity contribution in [2.24, 2.45) is 23.7 Å². The highest BCUT2D eigenvalue weighted by molar-refractivity contribution is 5.91. The molecule has 15 heteroatoms. The van der Waals surface area contributed by atoms with Gasteiger partial charge in [0.2, 0.25) is 0 Å². The third kappa shape index (κ3) is 9.79. The lowest BCUT2D eigenvalue weighted by Crippen LogP contribution is -2.62. The van der Waals surface area contributed by atoms with Crippen molar-refractivity contribution < 1.29 is 72.3 Å². The largest absolute Gasteiger partial charge is 0.509 e. The second kappa shape index (κ2) is 18.2. The lowest BCUT2D eigenvalue weighted by molar-refractivity contribution is -0.308. The number of hydrogen-bond acceptors (Lipinski definition) is 15. The topological polar surface area (TPSA) is 195 Å². The van der Waals surface area contributed by atoms with Crippen LogP contribution < -0.4 is 0 Å². The van der Waals surface area contributed by atoms with Gasteiger partial charge < -0.3 is 58.0 Å². The highest BCUT2D eigenvalue weighted by Gasteiger charge is 2.61. The normalized spacial score (nSPS) is 46.7. The molecule has 4 rings (SSSR count). The second-order valence-corrected chi connectivity index (χ2v) is 14.9. The predicted octanol–water partition coefficient (Wildman–Crippen LogP) is 2.61. The molecular weight excluding hydrogens is 684 g/mol. The maximum atomic E-state index is 13.3. The number of carbonyl (C=O) groups excluding carboxylic acids is 3. The molecule has 0 amide bonds. The Morgan fingerprint density at radius 2 is 1.50 bits per heavy atom. The Morgan fingerprint density at radius 1 is 0.808 bits per heavy atom. The zero-order chi connectivity index (χ0) is 38.5. The van der Waals surface area contributed by atoms with E-state index in [-0.39, 0.29) is 31.1 Å². The zero-order valence-corrected chi connectivity index (χ0v) is 31.6. The van der Waals surface area contributed by atoms with Crippen molar-refractivity contribution in [3.63, 3.8) is 0 Å². The van der Waals surface area contributed by atoms with E-state index in [0.717, 1.165) is 0 Å². The second-order valence-electron chi connectivity index (χ2n) is 14.9. The van der Waals surface area contributed by atoms with Crippen LogP contribution in [0, 0.1) is 23.7 Å². The summed E-state index contributed by atoms with van der Waals surface area (Å²) in [7, 11) is 2.91. The average molecular weight is 743 g/mol. The first-order chi connectivity index (χ1) is 24.5. The lowest BCUT2D eigenvalue weighted by atomic mass is 9.82. The summed E-state index contributed by atoms with van der Waals surface area (Å²) in [6.45, 7) is 12.3. The number of allylic oxidation sites excluding steroid dienone is 1. The van der Waals surface area contributed by atoms with Crippen LogP contribution in [0.25, 0.3) is 0 Å². The minimum Gasteiger partial charge on any atom is -0.459 e. The Kier molecular flexibility index (Phi) is 14.8. The van der Waals surface area contributed by atoms with Crippen molar-refractivity contribution in [1.29, 1.82) is 0 Å². The van der Waals surface area contributed by atoms with Gasteiger partial charge in [0.1, 0.15) is 36.6 Å². The summed E-state index contributed by atoms with van der Waals surface area (Å²) in [4.78, 5) is 38.5. The van der Waals surface area contributed by atoms with Crippen LogP contribution in [0.15, 0.2) is 24.3 Å². The molecule has 0 saturated carbocycles. The van der Waals surface area contributed by atoms with E-state index in [4.69, 9.17) is 42.6 Å². The summed E-state index contributed by atoms with van der Waals surface area (Å²) in [5.41, 5.74) is -1.37. The summed E-state index contributed by atoms with van der Waals surface area (Å²) >= 11 is 0. The molecule has 0 aliphatic carbocycles. The van der Waals surface area contributed by atoms with Crippen LogP contribution in [-0.2, 0) is 52.2 Å². The van der Waals surface area contributed by atoms with Gasteiger partial charge in [-0.05, 0) is 52.5 Å². The third-order valence-corrected chi connectivity index (χ3v) is 10.9. The fourth-order valence-corrected chi connectivity index (χ4v) is 7.68. The molecule has 4 aliphatic heterocycles. The molecule has 296 valence electrons. The number of aliphatic hydroxyl groups is 3. The highest BCUT2D eigenvalue weighted by Crippen LogP contribution is 2.42. The molecule has 3 N–H and O–H groups in total. The van der Waals surface area contributed by atoms with Crippen molar-refractivity contribution in [2.45, 2.75) is 147 Å². The minimum absolute atomic E-state index is 0.0242. The van der Waals surface area contributed by atoms with E-state index in [1.165, 1.54) is 32.4 Å². The standard InChI is InChI=1S/C37H58O15/c1-18-10-13-28(40)48-22(5)25(17-46-34-32(45-9)31(44-8)29(41)23(6)49-34)15-26(38)11-12-27(39)19(2)14-20(3)30(18)51-35-33(42)37(16-21(4)47-35)24(7)50-36(43)52-37/h10-13,18-26,29-35,38,41-42H,14-17H2,1-9H3/b12-11+,13-10+. The Hall–Kier alpha value is -2.47. The monoisotopic (exact) mass is 742 g/mol. The van der Waals surface area contributed by atoms with Gasteiger partial charge in [0.15, 0.2) is 24.0 Å². The maximum Gasteiger partial charge on any atom is 0.509 e. The smallest absolute Gasteiger partial charge is 0.459 e. The molecule has 1 spiro atoms. The average Bonchev–Trinajstić information content (AvgIpc) is 3.37. The van der Waals surface area contributed by atoms with Crippen molar-refractivity contribution in [2.75, 3.05) is 20.8 Å².